The van der Waals surface area contributed by atoms with Gasteiger partial charge in [0.25, 0.3) is 0 Å². The monoisotopic (exact) mass is 307 g/mol. The Kier molecular flexibility index (Phi) is 5.94. The number of nitrogens with one attached hydrogen (secondary N) is 1. The Balaban J connectivity index is 2.65. The van der Waals surface area contributed by atoms with Crippen LogP contribution in [0.25, 0.3) is 0 Å². The van der Waals surface area contributed by atoms with Gasteiger partial charge in [-0.25, -0.2) is 13.1 Å². The molecule has 19 heavy (non-hydrogen) atoms. The quantitative estimate of drug-likeness (QED) is 0.764. The predicted molar refractivity (Wildman–Crippen MR) is 75.7 cm³/mol. The molecule has 0 atom stereocenters. The average molecular weight is 307 g/mol. The Hall–Kier alpha value is -0.470. The standard InChI is InChI=1S/C12H21NO4S2/c1-12(2,4-5-17-3)9-13-19(15,16)11-6-10(7-14)18-8-11/h6,8,13-14H,4-5,7,9H2,1-3H3. The number of rotatable bonds is 8. The van der Waals surface area contributed by atoms with Gasteiger partial charge in [0.05, 0.1) is 11.5 Å². The second kappa shape index (κ2) is 6.81. The lowest BCUT2D eigenvalue weighted by molar-refractivity contribution is 0.153. The summed E-state index contributed by atoms with van der Waals surface area (Å²) in [6, 6.07) is 1.50. The van der Waals surface area contributed by atoms with E-state index < -0.39 is 10.0 Å². The maximum Gasteiger partial charge on any atom is 0.241 e. The molecule has 0 saturated carbocycles. The molecule has 1 rings (SSSR count). The van der Waals surface area contributed by atoms with Crippen LogP contribution in [0.1, 0.15) is 25.1 Å². The largest absolute Gasteiger partial charge is 0.391 e. The summed E-state index contributed by atoms with van der Waals surface area (Å²) >= 11 is 1.23. The van der Waals surface area contributed by atoms with Crippen LogP contribution in [-0.4, -0.2) is 33.8 Å². The van der Waals surface area contributed by atoms with Crippen molar-refractivity contribution in [3.05, 3.63) is 16.3 Å². The molecule has 0 bridgehead atoms. The SMILES string of the molecule is COCCC(C)(C)CNS(=O)(=O)c1csc(CO)c1. The van der Waals surface area contributed by atoms with Gasteiger partial charge >= 0.3 is 0 Å². The molecule has 1 aromatic heterocycles. The van der Waals surface area contributed by atoms with Crippen molar-refractivity contribution in [2.75, 3.05) is 20.3 Å². The Morgan fingerprint density at radius 2 is 2.16 bits per heavy atom. The second-order valence-electron chi connectivity index (χ2n) is 5.14. The molecule has 0 amide bonds. The van der Waals surface area contributed by atoms with E-state index in [0.717, 1.165) is 6.42 Å². The van der Waals surface area contributed by atoms with Crippen LogP contribution in [0.15, 0.2) is 16.3 Å². The van der Waals surface area contributed by atoms with E-state index >= 15 is 0 Å². The van der Waals surface area contributed by atoms with Crippen molar-refractivity contribution < 1.29 is 18.3 Å². The number of methoxy groups -OCH3 is 1. The number of thiophene rings is 1. The molecule has 5 nitrogen and oxygen atoms in total. The molecule has 0 aromatic carbocycles. The van der Waals surface area contributed by atoms with Crippen molar-refractivity contribution in [2.24, 2.45) is 5.41 Å². The molecule has 0 unspecified atom stereocenters. The lowest BCUT2D eigenvalue weighted by atomic mass is 9.90. The van der Waals surface area contributed by atoms with Crippen molar-refractivity contribution >= 4 is 21.4 Å². The van der Waals surface area contributed by atoms with Gasteiger partial charge in [-0.1, -0.05) is 13.8 Å². The molecule has 0 fully saturated rings. The highest BCUT2D eigenvalue weighted by atomic mass is 32.2. The molecule has 1 aromatic rings. The van der Waals surface area contributed by atoms with Gasteiger partial charge < -0.3 is 9.84 Å². The molecule has 1 heterocycles. The summed E-state index contributed by atoms with van der Waals surface area (Å²) in [7, 11) is -1.87. The van der Waals surface area contributed by atoms with E-state index in [-0.39, 0.29) is 16.9 Å². The molecule has 2 N–H and O–H groups in total. The fourth-order valence-electron chi connectivity index (χ4n) is 1.42. The minimum absolute atomic E-state index is 0.139. The topological polar surface area (TPSA) is 75.6 Å². The Morgan fingerprint density at radius 3 is 2.68 bits per heavy atom. The third kappa shape index (κ3) is 5.19. The molecule has 0 radical (unpaired) electrons. The molecule has 0 aliphatic carbocycles. The summed E-state index contributed by atoms with van der Waals surface area (Å²) < 4.78 is 31.7. The van der Waals surface area contributed by atoms with E-state index in [9.17, 15) is 8.42 Å². The first-order valence-corrected chi connectivity index (χ1v) is 8.34. The number of sulfonamides is 1. The van der Waals surface area contributed by atoms with Gasteiger partial charge in [-0.2, -0.15) is 0 Å². The van der Waals surface area contributed by atoms with E-state index in [1.54, 1.807) is 7.11 Å². The lowest BCUT2D eigenvalue weighted by Crippen LogP contribution is -2.34. The Labute approximate surface area is 118 Å². The van der Waals surface area contributed by atoms with Crippen molar-refractivity contribution in [2.45, 2.75) is 31.8 Å². The summed E-state index contributed by atoms with van der Waals surface area (Å²) in [6.45, 7) is 4.78. The van der Waals surface area contributed by atoms with Crippen molar-refractivity contribution in [1.82, 2.24) is 4.72 Å². The van der Waals surface area contributed by atoms with Crippen LogP contribution in [0, 0.1) is 5.41 Å². The van der Waals surface area contributed by atoms with Gasteiger partial charge in [0.2, 0.25) is 10.0 Å². The van der Waals surface area contributed by atoms with Crippen LogP contribution < -0.4 is 4.72 Å². The minimum Gasteiger partial charge on any atom is -0.391 e. The van der Waals surface area contributed by atoms with Crippen LogP contribution >= 0.6 is 11.3 Å². The molecule has 7 heteroatoms. The van der Waals surface area contributed by atoms with E-state index in [0.29, 0.717) is 18.0 Å². The van der Waals surface area contributed by atoms with Gasteiger partial charge in [-0.3, -0.25) is 0 Å². The molecule has 0 aliphatic heterocycles. The zero-order chi connectivity index (χ0) is 14.5. The van der Waals surface area contributed by atoms with Crippen LogP contribution in [0.4, 0.5) is 0 Å². The average Bonchev–Trinajstić information content (AvgIpc) is 2.84. The maximum absolute atomic E-state index is 12.1. The van der Waals surface area contributed by atoms with Crippen molar-refractivity contribution in [1.29, 1.82) is 0 Å². The molecule has 0 aliphatic rings. The highest BCUT2D eigenvalue weighted by Crippen LogP contribution is 2.22. The van der Waals surface area contributed by atoms with E-state index in [4.69, 9.17) is 9.84 Å². The number of hydrogen-bond donors (Lipinski definition) is 2. The zero-order valence-electron chi connectivity index (χ0n) is 11.5. The van der Waals surface area contributed by atoms with Gasteiger partial charge in [-0.05, 0) is 17.9 Å². The van der Waals surface area contributed by atoms with Gasteiger partial charge in [0.1, 0.15) is 0 Å². The van der Waals surface area contributed by atoms with Gasteiger partial charge in [0, 0.05) is 30.5 Å². The van der Waals surface area contributed by atoms with E-state index in [1.807, 2.05) is 13.8 Å². The van der Waals surface area contributed by atoms with Crippen molar-refractivity contribution in [3.63, 3.8) is 0 Å². The summed E-state index contributed by atoms with van der Waals surface area (Å²) in [4.78, 5) is 0.850. The number of hydrogen-bond acceptors (Lipinski definition) is 5. The third-order valence-electron chi connectivity index (χ3n) is 2.82. The van der Waals surface area contributed by atoms with E-state index in [2.05, 4.69) is 4.72 Å². The normalized spacial score (nSPS) is 12.8. The number of aliphatic hydroxyl groups excluding tert-OH is 1. The highest BCUT2D eigenvalue weighted by Gasteiger charge is 2.22. The molecule has 0 spiro atoms. The number of ether oxygens (including phenoxy) is 1. The number of aliphatic hydroxyl groups is 1. The minimum atomic E-state index is -3.50. The van der Waals surface area contributed by atoms with E-state index in [1.165, 1.54) is 22.8 Å². The first-order chi connectivity index (χ1) is 8.80. The highest BCUT2D eigenvalue weighted by molar-refractivity contribution is 7.89. The summed E-state index contributed by atoms with van der Waals surface area (Å²) in [5.41, 5.74) is -0.168. The summed E-state index contributed by atoms with van der Waals surface area (Å²) in [5, 5.41) is 10.5. The van der Waals surface area contributed by atoms with Crippen LogP contribution in [0.5, 0.6) is 0 Å². The first-order valence-electron chi connectivity index (χ1n) is 5.97. The van der Waals surface area contributed by atoms with Crippen LogP contribution in [-0.2, 0) is 21.4 Å². The zero-order valence-corrected chi connectivity index (χ0v) is 13.1. The third-order valence-corrected chi connectivity index (χ3v) is 5.27. The summed E-state index contributed by atoms with van der Waals surface area (Å²) in [6.07, 6.45) is 0.775. The molecular formula is C12H21NO4S2. The van der Waals surface area contributed by atoms with Gasteiger partial charge in [0.15, 0.2) is 0 Å². The van der Waals surface area contributed by atoms with Crippen LogP contribution in [0.3, 0.4) is 0 Å². The lowest BCUT2D eigenvalue weighted by Gasteiger charge is -2.24. The van der Waals surface area contributed by atoms with Crippen molar-refractivity contribution in [3.8, 4) is 0 Å². The Bertz CT molecular complexity index is 494. The fourth-order valence-corrected chi connectivity index (χ4v) is 3.80. The molecular weight excluding hydrogens is 286 g/mol. The summed E-state index contributed by atoms with van der Waals surface area (Å²) in [5.74, 6) is 0. The van der Waals surface area contributed by atoms with Crippen LogP contribution in [0.2, 0.25) is 0 Å². The molecule has 0 saturated heterocycles. The predicted octanol–water partition coefficient (Wildman–Crippen LogP) is 1.58. The smallest absolute Gasteiger partial charge is 0.241 e. The maximum atomic E-state index is 12.1. The fraction of sp³-hybridized carbons (Fsp3) is 0.667. The first kappa shape index (κ1) is 16.6. The van der Waals surface area contributed by atoms with Gasteiger partial charge in [-0.15, -0.1) is 11.3 Å². The Morgan fingerprint density at radius 1 is 1.47 bits per heavy atom. The second-order valence-corrected chi connectivity index (χ2v) is 7.90. The molecule has 110 valence electrons.